The van der Waals surface area contributed by atoms with Gasteiger partial charge in [-0.3, -0.25) is 10.1 Å². The molecule has 0 amide bonds. The van der Waals surface area contributed by atoms with Crippen LogP contribution in [-0.4, -0.2) is 21.4 Å². The van der Waals surface area contributed by atoms with E-state index >= 15 is 0 Å². The van der Waals surface area contributed by atoms with Crippen molar-refractivity contribution < 1.29 is 9.66 Å². The second kappa shape index (κ2) is 7.23. The molecule has 0 bridgehead atoms. The number of halogens is 1. The molecule has 7 nitrogen and oxygen atoms in total. The molecule has 0 fully saturated rings. The van der Waals surface area contributed by atoms with Gasteiger partial charge in [0.15, 0.2) is 0 Å². The topological polar surface area (TPSA) is 90.2 Å². The van der Waals surface area contributed by atoms with Gasteiger partial charge in [0.2, 0.25) is 5.82 Å². The van der Waals surface area contributed by atoms with Crippen LogP contribution in [0.5, 0.6) is 11.6 Å². The molecule has 0 unspecified atom stereocenters. The third kappa shape index (κ3) is 3.87. The summed E-state index contributed by atoms with van der Waals surface area (Å²) >= 11 is 6.12. The van der Waals surface area contributed by atoms with E-state index in [-0.39, 0.29) is 17.4 Å². The molecule has 122 valence electrons. The Balaban J connectivity index is 2.41. The summed E-state index contributed by atoms with van der Waals surface area (Å²) in [5.41, 5.74) is 1.36. The molecule has 23 heavy (non-hydrogen) atoms. The second-order valence-electron chi connectivity index (χ2n) is 5.03. The van der Waals surface area contributed by atoms with Crippen molar-refractivity contribution in [2.75, 3.05) is 11.9 Å². The Morgan fingerprint density at radius 1 is 1.30 bits per heavy atom. The molecule has 1 heterocycles. The van der Waals surface area contributed by atoms with E-state index in [0.717, 1.165) is 17.5 Å². The van der Waals surface area contributed by atoms with Crippen LogP contribution < -0.4 is 10.1 Å². The van der Waals surface area contributed by atoms with Gasteiger partial charge in [-0.25, -0.2) is 4.98 Å². The Labute approximate surface area is 138 Å². The predicted molar refractivity (Wildman–Crippen MR) is 88.5 cm³/mol. The standard InChI is InChI=1S/C15H17ClN4O3/c1-4-5-17-14-13(20(21)22)15(19-8-18-14)23-11-6-9(2)12(16)10(3)7-11/h6-8H,4-5H2,1-3H3,(H,17,18,19). The number of nitrogens with zero attached hydrogens (tertiary/aromatic N) is 3. The largest absolute Gasteiger partial charge is 0.434 e. The molecule has 0 atom stereocenters. The first-order valence-electron chi connectivity index (χ1n) is 7.11. The monoisotopic (exact) mass is 336 g/mol. The van der Waals surface area contributed by atoms with Crippen molar-refractivity contribution in [2.45, 2.75) is 27.2 Å². The number of hydrogen-bond acceptors (Lipinski definition) is 6. The van der Waals surface area contributed by atoms with E-state index in [1.54, 1.807) is 12.1 Å². The van der Waals surface area contributed by atoms with E-state index in [4.69, 9.17) is 16.3 Å². The summed E-state index contributed by atoms with van der Waals surface area (Å²) in [6, 6.07) is 3.42. The van der Waals surface area contributed by atoms with Crippen LogP contribution in [0.25, 0.3) is 0 Å². The zero-order chi connectivity index (χ0) is 17.0. The van der Waals surface area contributed by atoms with Gasteiger partial charge in [0.05, 0.1) is 4.92 Å². The summed E-state index contributed by atoms with van der Waals surface area (Å²) in [6.07, 6.45) is 2.04. The highest BCUT2D eigenvalue weighted by Gasteiger charge is 2.25. The van der Waals surface area contributed by atoms with Gasteiger partial charge in [-0.15, -0.1) is 0 Å². The lowest BCUT2D eigenvalue weighted by molar-refractivity contribution is -0.385. The van der Waals surface area contributed by atoms with Gasteiger partial charge in [0.1, 0.15) is 12.1 Å². The quantitative estimate of drug-likeness (QED) is 0.625. The van der Waals surface area contributed by atoms with Crippen LogP contribution in [-0.2, 0) is 0 Å². The minimum absolute atomic E-state index is 0.107. The van der Waals surface area contributed by atoms with E-state index in [1.807, 2.05) is 20.8 Å². The third-order valence-electron chi connectivity index (χ3n) is 3.14. The van der Waals surface area contributed by atoms with Crippen molar-refractivity contribution in [3.63, 3.8) is 0 Å². The van der Waals surface area contributed by atoms with Gasteiger partial charge in [-0.2, -0.15) is 4.98 Å². The summed E-state index contributed by atoms with van der Waals surface area (Å²) in [6.45, 7) is 6.20. The zero-order valence-electron chi connectivity index (χ0n) is 13.1. The zero-order valence-corrected chi connectivity index (χ0v) is 13.8. The second-order valence-corrected chi connectivity index (χ2v) is 5.41. The normalized spacial score (nSPS) is 10.4. The van der Waals surface area contributed by atoms with E-state index in [0.29, 0.717) is 17.3 Å². The summed E-state index contributed by atoms with van der Waals surface area (Å²) in [7, 11) is 0. The average Bonchev–Trinajstić information content (AvgIpc) is 2.50. The molecule has 0 saturated carbocycles. The van der Waals surface area contributed by atoms with Crippen LogP contribution in [0.15, 0.2) is 18.5 Å². The number of hydrogen-bond donors (Lipinski definition) is 1. The van der Waals surface area contributed by atoms with E-state index in [9.17, 15) is 10.1 Å². The molecule has 0 aliphatic rings. The highest BCUT2D eigenvalue weighted by Crippen LogP contribution is 2.35. The number of rotatable bonds is 6. The van der Waals surface area contributed by atoms with Crippen LogP contribution in [0.1, 0.15) is 24.5 Å². The van der Waals surface area contributed by atoms with E-state index in [2.05, 4.69) is 15.3 Å². The van der Waals surface area contributed by atoms with Crippen molar-refractivity contribution in [3.8, 4) is 11.6 Å². The van der Waals surface area contributed by atoms with E-state index < -0.39 is 4.92 Å². The minimum Gasteiger partial charge on any atom is -0.434 e. The summed E-state index contributed by atoms with van der Waals surface area (Å²) in [5.74, 6) is 0.474. The van der Waals surface area contributed by atoms with Gasteiger partial charge >= 0.3 is 11.6 Å². The fourth-order valence-corrected chi connectivity index (χ4v) is 2.16. The molecule has 0 saturated heterocycles. The van der Waals surface area contributed by atoms with Crippen LogP contribution in [0.3, 0.4) is 0 Å². The number of nitro groups is 1. The summed E-state index contributed by atoms with van der Waals surface area (Å²) < 4.78 is 5.62. The van der Waals surface area contributed by atoms with Gasteiger partial charge in [0.25, 0.3) is 0 Å². The molecule has 8 heteroatoms. The van der Waals surface area contributed by atoms with E-state index in [1.165, 1.54) is 6.33 Å². The predicted octanol–water partition coefficient (Wildman–Crippen LogP) is 4.27. The van der Waals surface area contributed by atoms with Gasteiger partial charge in [0, 0.05) is 11.6 Å². The lowest BCUT2D eigenvalue weighted by Crippen LogP contribution is -2.07. The highest BCUT2D eigenvalue weighted by molar-refractivity contribution is 6.32. The van der Waals surface area contributed by atoms with Crippen molar-refractivity contribution in [2.24, 2.45) is 0 Å². The van der Waals surface area contributed by atoms with Crippen molar-refractivity contribution >= 4 is 23.1 Å². The average molecular weight is 337 g/mol. The number of ether oxygens (including phenoxy) is 1. The van der Waals surface area contributed by atoms with Crippen molar-refractivity contribution in [1.29, 1.82) is 0 Å². The molecule has 0 aliphatic heterocycles. The minimum atomic E-state index is -0.553. The molecule has 0 spiro atoms. The smallest absolute Gasteiger partial charge is 0.373 e. The lowest BCUT2D eigenvalue weighted by Gasteiger charge is -2.10. The maximum Gasteiger partial charge on any atom is 0.373 e. The lowest BCUT2D eigenvalue weighted by atomic mass is 10.1. The first kappa shape index (κ1) is 17.0. The van der Waals surface area contributed by atoms with Crippen LogP contribution in [0, 0.1) is 24.0 Å². The molecule has 1 N–H and O–H groups in total. The van der Waals surface area contributed by atoms with Crippen molar-refractivity contribution in [1.82, 2.24) is 9.97 Å². The summed E-state index contributed by atoms with van der Waals surface area (Å²) in [4.78, 5) is 18.6. The SMILES string of the molecule is CCCNc1ncnc(Oc2cc(C)c(Cl)c(C)c2)c1[N+](=O)[O-]. The van der Waals surface area contributed by atoms with Crippen LogP contribution in [0.4, 0.5) is 11.5 Å². The van der Waals surface area contributed by atoms with Crippen LogP contribution in [0.2, 0.25) is 5.02 Å². The molecular formula is C15H17ClN4O3. The Morgan fingerprint density at radius 2 is 1.96 bits per heavy atom. The number of aryl methyl sites for hydroxylation is 2. The number of anilines is 1. The van der Waals surface area contributed by atoms with Gasteiger partial charge in [-0.05, 0) is 43.5 Å². The molecule has 1 aromatic carbocycles. The number of benzene rings is 1. The number of aromatic nitrogens is 2. The van der Waals surface area contributed by atoms with Gasteiger partial charge < -0.3 is 10.1 Å². The Morgan fingerprint density at radius 3 is 2.52 bits per heavy atom. The Kier molecular flexibility index (Phi) is 5.33. The fourth-order valence-electron chi connectivity index (χ4n) is 2.05. The van der Waals surface area contributed by atoms with Crippen molar-refractivity contribution in [3.05, 3.63) is 44.7 Å². The highest BCUT2D eigenvalue weighted by atomic mass is 35.5. The fraction of sp³-hybridized carbons (Fsp3) is 0.333. The molecule has 0 aliphatic carbocycles. The molecule has 0 radical (unpaired) electrons. The Bertz CT molecular complexity index is 714. The first-order chi connectivity index (χ1) is 10.9. The third-order valence-corrected chi connectivity index (χ3v) is 3.73. The molecule has 2 rings (SSSR count). The molecule has 1 aromatic heterocycles. The number of nitrogens with one attached hydrogen (secondary N) is 1. The maximum atomic E-state index is 11.4. The first-order valence-corrected chi connectivity index (χ1v) is 7.49. The molecule has 2 aromatic rings. The van der Waals surface area contributed by atoms with Crippen LogP contribution >= 0.6 is 11.6 Å². The maximum absolute atomic E-state index is 11.4. The summed E-state index contributed by atoms with van der Waals surface area (Å²) in [5, 5.41) is 14.9. The van der Waals surface area contributed by atoms with Gasteiger partial charge in [-0.1, -0.05) is 18.5 Å². The molecular weight excluding hydrogens is 320 g/mol. The Hall–Kier alpha value is -2.41.